The van der Waals surface area contributed by atoms with Crippen LogP contribution in [0.4, 0.5) is 8.78 Å². The minimum absolute atomic E-state index is 0.0688. The summed E-state index contributed by atoms with van der Waals surface area (Å²) in [6.07, 6.45) is 0. The minimum atomic E-state index is -0.523. The number of benzene rings is 2. The van der Waals surface area contributed by atoms with E-state index in [2.05, 4.69) is 16.8 Å². The third kappa shape index (κ3) is 4.56. The van der Waals surface area contributed by atoms with Gasteiger partial charge in [0.1, 0.15) is 11.6 Å². The summed E-state index contributed by atoms with van der Waals surface area (Å²) in [7, 11) is 1.55. The smallest absolute Gasteiger partial charge is 0.399 e. The lowest BCUT2D eigenvalue weighted by atomic mass is 9.78. The number of halogens is 2. The van der Waals surface area contributed by atoms with Crippen LogP contribution < -0.4 is 5.46 Å². The fourth-order valence-corrected chi connectivity index (χ4v) is 4.21. The van der Waals surface area contributed by atoms with Crippen LogP contribution in [0.15, 0.2) is 42.5 Å². The molecule has 4 rings (SSSR count). The number of nitrogens with zero attached hydrogens (tertiary/aromatic N) is 2. The predicted octanol–water partition coefficient (Wildman–Crippen LogP) is 3.75. The van der Waals surface area contributed by atoms with Gasteiger partial charge in [0.2, 0.25) is 0 Å². The standard InChI is InChI=1S/C24H31BF2N2O2/c1-23(2)24(3,4)31-25(30-23)19-8-11-21(27)18(14-19)15-29-13-12-28(5)16-22(29)17-6-9-20(26)10-7-17/h6-11,14,22H,12-13,15-16H2,1-5H3. The molecule has 0 aromatic heterocycles. The third-order valence-corrected chi connectivity index (χ3v) is 6.92. The fraction of sp³-hybridized carbons (Fsp3) is 0.500. The summed E-state index contributed by atoms with van der Waals surface area (Å²) in [5.74, 6) is -0.488. The lowest BCUT2D eigenvalue weighted by Crippen LogP contribution is -2.46. The molecule has 2 aromatic carbocycles. The van der Waals surface area contributed by atoms with Gasteiger partial charge in [-0.1, -0.05) is 24.3 Å². The molecule has 2 aliphatic rings. The molecule has 2 fully saturated rings. The van der Waals surface area contributed by atoms with Crippen molar-refractivity contribution >= 4 is 12.6 Å². The van der Waals surface area contributed by atoms with Crippen molar-refractivity contribution in [2.75, 3.05) is 26.7 Å². The van der Waals surface area contributed by atoms with Gasteiger partial charge in [-0.05, 0) is 64.0 Å². The normalized spacial score (nSPS) is 24.0. The Hall–Kier alpha value is -1.80. The Kier molecular flexibility index (Phi) is 5.98. The zero-order valence-electron chi connectivity index (χ0n) is 19.0. The third-order valence-electron chi connectivity index (χ3n) is 6.92. The second kappa shape index (κ2) is 8.28. The van der Waals surface area contributed by atoms with Crippen LogP contribution in [0.5, 0.6) is 0 Å². The van der Waals surface area contributed by atoms with Gasteiger partial charge in [-0.15, -0.1) is 0 Å². The van der Waals surface area contributed by atoms with Crippen molar-refractivity contribution in [3.63, 3.8) is 0 Å². The van der Waals surface area contributed by atoms with Gasteiger partial charge in [-0.2, -0.15) is 0 Å². The molecule has 0 aliphatic carbocycles. The molecule has 4 nitrogen and oxygen atoms in total. The molecule has 0 spiro atoms. The molecular weight excluding hydrogens is 397 g/mol. The van der Waals surface area contributed by atoms with Crippen LogP contribution in [0.3, 0.4) is 0 Å². The Morgan fingerprint density at radius 3 is 2.26 bits per heavy atom. The summed E-state index contributed by atoms with van der Waals surface area (Å²) in [4.78, 5) is 4.52. The van der Waals surface area contributed by atoms with E-state index in [1.807, 2.05) is 45.9 Å². The van der Waals surface area contributed by atoms with Crippen LogP contribution >= 0.6 is 0 Å². The average molecular weight is 428 g/mol. The largest absolute Gasteiger partial charge is 0.494 e. The summed E-state index contributed by atoms with van der Waals surface area (Å²) in [5, 5.41) is 0. The van der Waals surface area contributed by atoms with E-state index in [4.69, 9.17) is 9.31 Å². The van der Waals surface area contributed by atoms with E-state index in [-0.39, 0.29) is 17.7 Å². The van der Waals surface area contributed by atoms with Crippen molar-refractivity contribution in [3.05, 3.63) is 65.2 Å². The van der Waals surface area contributed by atoms with E-state index in [1.165, 1.54) is 18.2 Å². The van der Waals surface area contributed by atoms with Crippen molar-refractivity contribution in [3.8, 4) is 0 Å². The maximum absolute atomic E-state index is 14.8. The van der Waals surface area contributed by atoms with Gasteiger partial charge in [-0.3, -0.25) is 4.90 Å². The molecule has 7 heteroatoms. The van der Waals surface area contributed by atoms with Gasteiger partial charge >= 0.3 is 7.12 Å². The van der Waals surface area contributed by atoms with Crippen LogP contribution in [0.2, 0.25) is 0 Å². The molecule has 2 aromatic rings. The van der Waals surface area contributed by atoms with Crippen molar-refractivity contribution in [2.45, 2.75) is 51.5 Å². The lowest BCUT2D eigenvalue weighted by molar-refractivity contribution is 0.00578. The Morgan fingerprint density at radius 1 is 0.968 bits per heavy atom. The first-order valence-corrected chi connectivity index (χ1v) is 10.9. The van der Waals surface area contributed by atoms with Gasteiger partial charge in [0, 0.05) is 37.8 Å². The molecule has 2 heterocycles. The minimum Gasteiger partial charge on any atom is -0.399 e. The van der Waals surface area contributed by atoms with Crippen LogP contribution in [0.25, 0.3) is 0 Å². The first kappa shape index (κ1) is 22.4. The summed E-state index contributed by atoms with van der Waals surface area (Å²) < 4.78 is 40.5. The highest BCUT2D eigenvalue weighted by molar-refractivity contribution is 6.62. The lowest BCUT2D eigenvalue weighted by Gasteiger charge is -2.40. The van der Waals surface area contributed by atoms with Gasteiger partial charge in [0.25, 0.3) is 0 Å². The Bertz CT molecular complexity index is 920. The van der Waals surface area contributed by atoms with Gasteiger partial charge < -0.3 is 14.2 Å². The van der Waals surface area contributed by atoms with Crippen LogP contribution in [0.1, 0.15) is 44.9 Å². The highest BCUT2D eigenvalue weighted by atomic mass is 19.1. The number of piperazine rings is 1. The second-order valence-electron chi connectivity index (χ2n) is 9.74. The van der Waals surface area contributed by atoms with Crippen LogP contribution in [0, 0.1) is 11.6 Å². The fourth-order valence-electron chi connectivity index (χ4n) is 4.21. The van der Waals surface area contributed by atoms with Crippen molar-refractivity contribution in [1.29, 1.82) is 0 Å². The second-order valence-corrected chi connectivity index (χ2v) is 9.74. The molecule has 0 bridgehead atoms. The van der Waals surface area contributed by atoms with Crippen LogP contribution in [-0.4, -0.2) is 54.8 Å². The first-order chi connectivity index (χ1) is 14.6. The number of hydrogen-bond donors (Lipinski definition) is 0. The van der Waals surface area contributed by atoms with Gasteiger partial charge in [0.05, 0.1) is 11.2 Å². The van der Waals surface area contributed by atoms with Crippen LogP contribution in [-0.2, 0) is 15.9 Å². The number of likely N-dealkylation sites (N-methyl/N-ethyl adjacent to an activating group) is 1. The van der Waals surface area contributed by atoms with E-state index in [9.17, 15) is 8.78 Å². The van der Waals surface area contributed by atoms with Crippen molar-refractivity contribution < 1.29 is 18.1 Å². The highest BCUT2D eigenvalue weighted by Gasteiger charge is 2.51. The monoisotopic (exact) mass is 428 g/mol. The maximum Gasteiger partial charge on any atom is 0.494 e. The number of hydrogen-bond acceptors (Lipinski definition) is 4. The molecule has 31 heavy (non-hydrogen) atoms. The Labute approximate surface area is 184 Å². The first-order valence-electron chi connectivity index (χ1n) is 10.9. The molecule has 166 valence electrons. The zero-order chi connectivity index (χ0) is 22.4. The van der Waals surface area contributed by atoms with Gasteiger partial charge in [0.15, 0.2) is 0 Å². The van der Waals surface area contributed by atoms with E-state index in [1.54, 1.807) is 6.07 Å². The van der Waals surface area contributed by atoms with E-state index in [0.717, 1.165) is 30.7 Å². The van der Waals surface area contributed by atoms with Gasteiger partial charge in [-0.25, -0.2) is 8.78 Å². The van der Waals surface area contributed by atoms with Crippen molar-refractivity contribution in [1.82, 2.24) is 9.80 Å². The molecule has 1 atom stereocenters. The molecule has 1 unspecified atom stereocenters. The zero-order valence-corrected chi connectivity index (χ0v) is 19.0. The average Bonchev–Trinajstić information content (AvgIpc) is 2.92. The molecule has 0 saturated carbocycles. The molecule has 2 aliphatic heterocycles. The molecule has 2 saturated heterocycles. The predicted molar refractivity (Wildman–Crippen MR) is 119 cm³/mol. The summed E-state index contributed by atoms with van der Waals surface area (Å²) in [6.45, 7) is 11.0. The molecular formula is C24H31BF2N2O2. The topological polar surface area (TPSA) is 24.9 Å². The Morgan fingerprint density at radius 2 is 1.61 bits per heavy atom. The van der Waals surface area contributed by atoms with E-state index >= 15 is 0 Å². The highest BCUT2D eigenvalue weighted by Crippen LogP contribution is 2.36. The summed E-state index contributed by atoms with van der Waals surface area (Å²) in [6, 6.07) is 11.8. The SMILES string of the molecule is CN1CCN(Cc2cc(B3OC(C)(C)C(C)(C)O3)ccc2F)C(c2ccc(F)cc2)C1. The molecule has 0 radical (unpaired) electrons. The van der Waals surface area contributed by atoms with E-state index < -0.39 is 18.3 Å². The molecule has 0 amide bonds. The summed E-state index contributed by atoms with van der Waals surface area (Å²) in [5.41, 5.74) is 1.58. The molecule has 0 N–H and O–H groups in total. The summed E-state index contributed by atoms with van der Waals surface area (Å²) >= 11 is 0. The van der Waals surface area contributed by atoms with E-state index in [0.29, 0.717) is 12.1 Å². The number of rotatable bonds is 4. The maximum atomic E-state index is 14.8. The van der Waals surface area contributed by atoms with Crippen molar-refractivity contribution in [2.24, 2.45) is 0 Å². The quantitative estimate of drug-likeness (QED) is 0.693. The Balaban J connectivity index is 1.58.